The second kappa shape index (κ2) is 7.79. The van der Waals surface area contributed by atoms with Gasteiger partial charge in [0.2, 0.25) is 5.88 Å². The molecule has 6 heteroatoms. The number of rotatable bonds is 5. The molecule has 0 amide bonds. The Bertz CT molecular complexity index is 1340. The maximum atomic E-state index is 13.8. The molecule has 2 aromatic heterocycles. The lowest BCUT2D eigenvalue weighted by atomic mass is 9.96. The highest BCUT2D eigenvalue weighted by molar-refractivity contribution is 6.12. The van der Waals surface area contributed by atoms with E-state index in [0.717, 1.165) is 16.7 Å². The first kappa shape index (κ1) is 20.2. The highest BCUT2D eigenvalue weighted by atomic mass is 16.5. The molecule has 5 rings (SSSR count). The van der Waals surface area contributed by atoms with Crippen LogP contribution in [-0.4, -0.2) is 40.4 Å². The summed E-state index contributed by atoms with van der Waals surface area (Å²) in [5, 5.41) is 8.77. The molecule has 0 bridgehead atoms. The van der Waals surface area contributed by atoms with Gasteiger partial charge in [-0.2, -0.15) is 4.98 Å². The molecule has 0 spiro atoms. The molecule has 0 saturated heterocycles. The minimum Gasteiger partial charge on any atom is -0.478 e. The molecule has 162 valence electrons. The summed E-state index contributed by atoms with van der Waals surface area (Å²) in [7, 11) is 2.08. The van der Waals surface area contributed by atoms with Crippen molar-refractivity contribution in [3.05, 3.63) is 82.3 Å². The van der Waals surface area contributed by atoms with Crippen LogP contribution in [0.2, 0.25) is 0 Å². The van der Waals surface area contributed by atoms with Gasteiger partial charge in [0.05, 0.1) is 18.9 Å². The molecule has 1 aliphatic heterocycles. The van der Waals surface area contributed by atoms with Crippen molar-refractivity contribution in [2.75, 3.05) is 20.2 Å². The Balaban J connectivity index is 1.73. The lowest BCUT2D eigenvalue weighted by Crippen LogP contribution is -2.31. The van der Waals surface area contributed by atoms with E-state index in [-0.39, 0.29) is 5.56 Å². The highest BCUT2D eigenvalue weighted by Crippen LogP contribution is 2.39. The van der Waals surface area contributed by atoms with Gasteiger partial charge in [-0.15, -0.1) is 0 Å². The van der Waals surface area contributed by atoms with E-state index in [1.54, 1.807) is 22.8 Å². The van der Waals surface area contributed by atoms with E-state index in [1.165, 1.54) is 18.5 Å². The van der Waals surface area contributed by atoms with Crippen LogP contribution in [0.15, 0.2) is 71.2 Å². The second-order valence-electron chi connectivity index (χ2n) is 8.45. The van der Waals surface area contributed by atoms with Crippen molar-refractivity contribution in [3.8, 4) is 5.88 Å². The molecule has 1 fully saturated rings. The van der Waals surface area contributed by atoms with E-state index in [9.17, 15) is 4.79 Å². The standard InChI is InChI=1S/C26H26N4O2/c1-4-32-24-12-8-19-14-21(18-7-10-22(27)16(2)13-18)26(31)30(25(19)28-24)20-9-11-23(17-5-6-17)29(3)15-20/h7-14,17,27H,2,4-6,15H2,1,3H3. The first-order valence-corrected chi connectivity index (χ1v) is 11.0. The number of allylic oxidation sites excluding steroid dienone is 8. The van der Waals surface area contributed by atoms with Gasteiger partial charge in [0, 0.05) is 35.5 Å². The molecule has 3 aliphatic rings. The second-order valence-corrected chi connectivity index (χ2v) is 8.45. The Labute approximate surface area is 187 Å². The van der Waals surface area contributed by atoms with Gasteiger partial charge in [-0.05, 0) is 73.3 Å². The largest absolute Gasteiger partial charge is 0.478 e. The molecule has 6 nitrogen and oxygen atoms in total. The predicted molar refractivity (Wildman–Crippen MR) is 129 cm³/mol. The predicted octanol–water partition coefficient (Wildman–Crippen LogP) is 4.40. The number of hydrogen-bond donors (Lipinski definition) is 1. The van der Waals surface area contributed by atoms with Crippen LogP contribution < -0.4 is 10.3 Å². The van der Waals surface area contributed by atoms with Crippen molar-refractivity contribution in [1.82, 2.24) is 14.5 Å². The lowest BCUT2D eigenvalue weighted by molar-refractivity contribution is 0.328. The Morgan fingerprint density at radius 3 is 2.75 bits per heavy atom. The van der Waals surface area contributed by atoms with Gasteiger partial charge in [0.1, 0.15) is 0 Å². The first-order chi connectivity index (χ1) is 15.5. The Kier molecular flexibility index (Phi) is 4.93. The maximum Gasteiger partial charge on any atom is 0.264 e. The van der Waals surface area contributed by atoms with E-state index < -0.39 is 0 Å². The van der Waals surface area contributed by atoms with Crippen molar-refractivity contribution in [3.63, 3.8) is 0 Å². The number of ether oxygens (including phenoxy) is 1. The van der Waals surface area contributed by atoms with E-state index in [0.29, 0.717) is 47.4 Å². The smallest absolute Gasteiger partial charge is 0.264 e. The average molecular weight is 427 g/mol. The fourth-order valence-electron chi connectivity index (χ4n) is 4.30. The van der Waals surface area contributed by atoms with Crippen LogP contribution in [0.25, 0.3) is 22.3 Å². The van der Waals surface area contributed by atoms with Gasteiger partial charge in [-0.1, -0.05) is 12.7 Å². The molecule has 2 aliphatic carbocycles. The normalized spacial score (nSPS) is 18.6. The number of nitrogens with one attached hydrogen (secondary N) is 1. The first-order valence-electron chi connectivity index (χ1n) is 11.0. The molecular formula is C26H26N4O2. The zero-order valence-electron chi connectivity index (χ0n) is 18.4. The van der Waals surface area contributed by atoms with E-state index in [1.807, 2.05) is 31.2 Å². The van der Waals surface area contributed by atoms with Crippen LogP contribution in [-0.2, 0) is 0 Å². The minimum atomic E-state index is -0.140. The number of nitrogens with zero attached hydrogens (tertiary/aromatic N) is 3. The molecule has 0 aromatic carbocycles. The summed E-state index contributed by atoms with van der Waals surface area (Å²) in [5.74, 6) is 1.14. The third-order valence-electron chi connectivity index (χ3n) is 6.10. The van der Waals surface area contributed by atoms with Crippen molar-refractivity contribution in [1.29, 1.82) is 5.41 Å². The summed E-state index contributed by atoms with van der Waals surface area (Å²) in [6.45, 7) is 6.98. The van der Waals surface area contributed by atoms with E-state index in [4.69, 9.17) is 10.1 Å². The van der Waals surface area contributed by atoms with Crippen LogP contribution in [0.5, 0.6) is 5.88 Å². The van der Waals surface area contributed by atoms with Gasteiger partial charge in [0.25, 0.3) is 5.56 Å². The topological polar surface area (TPSA) is 71.2 Å². The van der Waals surface area contributed by atoms with Crippen molar-refractivity contribution in [2.45, 2.75) is 19.8 Å². The zero-order chi connectivity index (χ0) is 22.4. The zero-order valence-corrected chi connectivity index (χ0v) is 18.4. The van der Waals surface area contributed by atoms with Crippen molar-refractivity contribution in [2.24, 2.45) is 5.92 Å². The molecule has 0 radical (unpaired) electrons. The number of pyridine rings is 2. The van der Waals surface area contributed by atoms with Gasteiger partial charge < -0.3 is 15.0 Å². The monoisotopic (exact) mass is 426 g/mol. The number of fused-ring (bicyclic) bond motifs is 1. The fourth-order valence-corrected chi connectivity index (χ4v) is 4.30. The van der Waals surface area contributed by atoms with Crippen molar-refractivity contribution < 1.29 is 4.74 Å². The molecule has 0 atom stereocenters. The number of hydrogen-bond acceptors (Lipinski definition) is 5. The maximum absolute atomic E-state index is 13.8. The Morgan fingerprint density at radius 1 is 1.25 bits per heavy atom. The highest BCUT2D eigenvalue weighted by Gasteiger charge is 2.30. The SMILES string of the molecule is C=C1C=C(c2cc3ccc(OCC)nc3n(C3=CC=C(C4CC4)N(C)C3)c2=O)C=CC1=N. The van der Waals surface area contributed by atoms with Crippen LogP contribution in [0.4, 0.5) is 0 Å². The summed E-state index contributed by atoms with van der Waals surface area (Å²) in [6.07, 6.45) is 11.9. The molecule has 1 N–H and O–H groups in total. The van der Waals surface area contributed by atoms with E-state index >= 15 is 0 Å². The summed E-state index contributed by atoms with van der Waals surface area (Å²) in [5.41, 5.74) is 4.91. The molecule has 2 aromatic rings. The Morgan fingerprint density at radius 2 is 2.06 bits per heavy atom. The average Bonchev–Trinajstić information content (AvgIpc) is 3.61. The fraction of sp³-hybridized carbons (Fsp3) is 0.269. The van der Waals surface area contributed by atoms with Crippen LogP contribution in [0.1, 0.15) is 25.3 Å². The van der Waals surface area contributed by atoms with Gasteiger partial charge in [0.15, 0.2) is 5.65 Å². The third kappa shape index (κ3) is 3.51. The van der Waals surface area contributed by atoms with Crippen LogP contribution >= 0.6 is 0 Å². The molecule has 32 heavy (non-hydrogen) atoms. The van der Waals surface area contributed by atoms with Gasteiger partial charge >= 0.3 is 0 Å². The van der Waals surface area contributed by atoms with Gasteiger partial charge in [-0.25, -0.2) is 0 Å². The summed E-state index contributed by atoms with van der Waals surface area (Å²) in [4.78, 5) is 20.7. The Hall–Kier alpha value is -3.67. The summed E-state index contributed by atoms with van der Waals surface area (Å²) in [6, 6.07) is 5.64. The van der Waals surface area contributed by atoms with Crippen LogP contribution in [0, 0.1) is 11.3 Å². The van der Waals surface area contributed by atoms with E-state index in [2.05, 4.69) is 29.6 Å². The molecule has 1 saturated carbocycles. The quantitative estimate of drug-likeness (QED) is 0.769. The number of aromatic nitrogens is 2. The summed E-state index contributed by atoms with van der Waals surface area (Å²) >= 11 is 0. The lowest BCUT2D eigenvalue weighted by Gasteiger charge is -2.28. The summed E-state index contributed by atoms with van der Waals surface area (Å²) < 4.78 is 7.33. The van der Waals surface area contributed by atoms with Crippen LogP contribution in [0.3, 0.4) is 0 Å². The molecule has 0 unspecified atom stereocenters. The number of likely N-dealkylation sites (N-methyl/N-ethyl adjacent to an activating group) is 1. The van der Waals surface area contributed by atoms with Crippen molar-refractivity contribution >= 4 is 28.0 Å². The molecule has 3 heterocycles. The molecular weight excluding hydrogens is 400 g/mol. The van der Waals surface area contributed by atoms with Gasteiger partial charge in [-0.3, -0.25) is 9.36 Å². The minimum absolute atomic E-state index is 0.140. The third-order valence-corrected chi connectivity index (χ3v) is 6.10.